The maximum atomic E-state index is 12.5. The summed E-state index contributed by atoms with van der Waals surface area (Å²) in [7, 11) is 0. The molecule has 2 N–H and O–H groups in total. The first-order valence-electron chi connectivity index (χ1n) is 8.59. The molecule has 1 fully saturated rings. The van der Waals surface area contributed by atoms with E-state index in [1.165, 1.54) is 0 Å². The molecular weight excluding hydrogens is 306 g/mol. The van der Waals surface area contributed by atoms with E-state index in [9.17, 15) is 9.59 Å². The van der Waals surface area contributed by atoms with E-state index < -0.39 is 0 Å². The second-order valence-electron chi connectivity index (χ2n) is 6.38. The number of hydrogen-bond acceptors (Lipinski definition) is 3. The van der Waals surface area contributed by atoms with E-state index >= 15 is 0 Å². The second kappa shape index (κ2) is 8.57. The minimum absolute atomic E-state index is 0.0666. The Morgan fingerprint density at radius 2 is 2.00 bits per heavy atom. The van der Waals surface area contributed by atoms with Crippen LogP contribution in [0.25, 0.3) is 0 Å². The third-order valence-corrected chi connectivity index (χ3v) is 3.92. The Morgan fingerprint density at radius 3 is 2.62 bits per heavy atom. The van der Waals surface area contributed by atoms with Crippen molar-refractivity contribution in [1.82, 2.24) is 10.2 Å². The number of anilines is 1. The topological polar surface area (TPSA) is 70.7 Å². The summed E-state index contributed by atoms with van der Waals surface area (Å²) in [6.45, 7) is 7.85. The Labute approximate surface area is 143 Å². The van der Waals surface area contributed by atoms with Crippen LogP contribution in [-0.4, -0.2) is 42.6 Å². The van der Waals surface area contributed by atoms with Crippen molar-refractivity contribution in [2.45, 2.75) is 39.7 Å². The van der Waals surface area contributed by atoms with Gasteiger partial charge in [0.2, 0.25) is 5.91 Å². The first kappa shape index (κ1) is 18.1. The van der Waals surface area contributed by atoms with E-state index in [0.717, 1.165) is 12.2 Å². The van der Waals surface area contributed by atoms with Crippen LogP contribution < -0.4 is 15.4 Å². The van der Waals surface area contributed by atoms with Gasteiger partial charge in [-0.15, -0.1) is 0 Å². The summed E-state index contributed by atoms with van der Waals surface area (Å²) in [5.41, 5.74) is 0.691. The lowest BCUT2D eigenvalue weighted by Crippen LogP contribution is -2.48. The largest absolute Gasteiger partial charge is 0.494 e. The summed E-state index contributed by atoms with van der Waals surface area (Å²) in [4.78, 5) is 26.4. The Balaban J connectivity index is 1.93. The fourth-order valence-corrected chi connectivity index (χ4v) is 2.70. The van der Waals surface area contributed by atoms with Gasteiger partial charge in [0, 0.05) is 18.8 Å². The third kappa shape index (κ3) is 4.88. The van der Waals surface area contributed by atoms with Gasteiger partial charge in [0.05, 0.1) is 6.61 Å². The number of carbonyl (C=O) groups is 2. The van der Waals surface area contributed by atoms with Gasteiger partial charge in [-0.1, -0.05) is 13.8 Å². The molecule has 1 aromatic carbocycles. The zero-order valence-electron chi connectivity index (χ0n) is 14.7. The quantitative estimate of drug-likeness (QED) is 0.841. The van der Waals surface area contributed by atoms with Crippen LogP contribution in [0.3, 0.4) is 0 Å². The summed E-state index contributed by atoms with van der Waals surface area (Å²) < 4.78 is 5.38. The Bertz CT molecular complexity index is 557. The van der Waals surface area contributed by atoms with Crippen molar-refractivity contribution in [3.05, 3.63) is 24.3 Å². The number of benzene rings is 1. The predicted molar refractivity (Wildman–Crippen MR) is 94.2 cm³/mol. The van der Waals surface area contributed by atoms with Crippen molar-refractivity contribution < 1.29 is 14.3 Å². The zero-order chi connectivity index (χ0) is 17.5. The van der Waals surface area contributed by atoms with Gasteiger partial charge in [0.15, 0.2) is 0 Å². The Hall–Kier alpha value is -2.24. The average molecular weight is 333 g/mol. The van der Waals surface area contributed by atoms with Crippen molar-refractivity contribution in [1.29, 1.82) is 0 Å². The average Bonchev–Trinajstić information content (AvgIpc) is 3.04. The summed E-state index contributed by atoms with van der Waals surface area (Å²) in [6, 6.07) is 6.61. The van der Waals surface area contributed by atoms with Crippen molar-refractivity contribution in [2.24, 2.45) is 5.92 Å². The molecule has 6 nitrogen and oxygen atoms in total. The Morgan fingerprint density at radius 1 is 1.29 bits per heavy atom. The first-order chi connectivity index (χ1) is 11.5. The summed E-state index contributed by atoms with van der Waals surface area (Å²) in [5.74, 6) is 1.09. The lowest BCUT2D eigenvalue weighted by Gasteiger charge is -2.24. The van der Waals surface area contributed by atoms with Gasteiger partial charge in [-0.3, -0.25) is 4.79 Å². The molecule has 1 heterocycles. The number of carbonyl (C=O) groups excluding carboxylic acids is 2. The number of likely N-dealkylation sites (tertiary alicyclic amines) is 1. The van der Waals surface area contributed by atoms with Gasteiger partial charge in [0.25, 0.3) is 0 Å². The van der Waals surface area contributed by atoms with Crippen LogP contribution in [0.1, 0.15) is 33.6 Å². The minimum Gasteiger partial charge on any atom is -0.494 e. The number of ether oxygens (including phenoxy) is 1. The number of nitrogens with one attached hydrogen (secondary N) is 2. The van der Waals surface area contributed by atoms with E-state index in [1.807, 2.05) is 32.9 Å². The minimum atomic E-state index is -0.383. The van der Waals surface area contributed by atoms with Gasteiger partial charge in [0.1, 0.15) is 11.8 Å². The highest BCUT2D eigenvalue weighted by molar-refractivity contribution is 5.94. The van der Waals surface area contributed by atoms with Crippen molar-refractivity contribution in [3.63, 3.8) is 0 Å². The summed E-state index contributed by atoms with van der Waals surface area (Å²) >= 11 is 0. The number of nitrogens with zero attached hydrogens (tertiary/aromatic N) is 1. The van der Waals surface area contributed by atoms with E-state index in [4.69, 9.17) is 4.74 Å². The van der Waals surface area contributed by atoms with Crippen LogP contribution >= 0.6 is 0 Å². The van der Waals surface area contributed by atoms with Gasteiger partial charge in [-0.25, -0.2) is 4.79 Å². The molecule has 0 aliphatic carbocycles. The smallest absolute Gasteiger partial charge is 0.322 e. The lowest BCUT2D eigenvalue weighted by atomic mass is 10.2. The molecule has 0 aromatic heterocycles. The van der Waals surface area contributed by atoms with Crippen molar-refractivity contribution in [3.8, 4) is 5.75 Å². The SMILES string of the molecule is CCOc1ccc(NC(=O)N2CCC[C@@H]2C(=O)NCC(C)C)cc1. The fraction of sp³-hybridized carbons (Fsp3) is 0.556. The van der Waals surface area contributed by atoms with E-state index in [-0.39, 0.29) is 18.0 Å². The van der Waals surface area contributed by atoms with E-state index in [2.05, 4.69) is 10.6 Å². The molecule has 1 aliphatic heterocycles. The highest BCUT2D eigenvalue weighted by Crippen LogP contribution is 2.20. The normalized spacial score (nSPS) is 17.0. The first-order valence-corrected chi connectivity index (χ1v) is 8.59. The van der Waals surface area contributed by atoms with Gasteiger partial charge in [-0.2, -0.15) is 0 Å². The number of hydrogen-bond donors (Lipinski definition) is 2. The molecule has 0 saturated carbocycles. The van der Waals surface area contributed by atoms with Gasteiger partial charge >= 0.3 is 6.03 Å². The highest BCUT2D eigenvalue weighted by Gasteiger charge is 2.34. The third-order valence-electron chi connectivity index (χ3n) is 3.92. The lowest BCUT2D eigenvalue weighted by molar-refractivity contribution is -0.124. The van der Waals surface area contributed by atoms with Crippen molar-refractivity contribution >= 4 is 17.6 Å². The van der Waals surface area contributed by atoms with E-state index in [1.54, 1.807) is 17.0 Å². The molecule has 2 rings (SSSR count). The number of amides is 3. The molecule has 1 aliphatic rings. The molecule has 6 heteroatoms. The standard InChI is InChI=1S/C18H27N3O3/c1-4-24-15-9-7-14(8-10-15)20-18(23)21-11-5-6-16(21)17(22)19-12-13(2)3/h7-10,13,16H,4-6,11-12H2,1-3H3,(H,19,22)(H,20,23)/t16-/m1/s1. The molecule has 132 valence electrons. The molecular formula is C18H27N3O3. The molecule has 1 atom stereocenters. The Kier molecular flexibility index (Phi) is 6.46. The van der Waals surface area contributed by atoms with Crippen LogP contribution in [0.5, 0.6) is 5.75 Å². The molecule has 0 radical (unpaired) electrons. The molecule has 24 heavy (non-hydrogen) atoms. The van der Waals surface area contributed by atoms with Crippen LogP contribution in [0.15, 0.2) is 24.3 Å². The second-order valence-corrected chi connectivity index (χ2v) is 6.38. The van der Waals surface area contributed by atoms with Crippen molar-refractivity contribution in [2.75, 3.05) is 25.0 Å². The van der Waals surface area contributed by atoms with Gasteiger partial charge in [-0.05, 0) is 49.9 Å². The van der Waals surface area contributed by atoms with Crippen LogP contribution in [0.2, 0.25) is 0 Å². The highest BCUT2D eigenvalue weighted by atomic mass is 16.5. The maximum absolute atomic E-state index is 12.5. The molecule has 1 aromatic rings. The van der Waals surface area contributed by atoms with E-state index in [0.29, 0.717) is 37.7 Å². The number of rotatable bonds is 6. The maximum Gasteiger partial charge on any atom is 0.322 e. The number of urea groups is 1. The molecule has 1 saturated heterocycles. The van der Waals surface area contributed by atoms with Crippen LogP contribution in [0, 0.1) is 5.92 Å². The zero-order valence-corrected chi connectivity index (χ0v) is 14.7. The molecule has 0 bridgehead atoms. The van der Waals surface area contributed by atoms with Gasteiger partial charge < -0.3 is 20.3 Å². The van der Waals surface area contributed by atoms with Crippen LogP contribution in [0.4, 0.5) is 10.5 Å². The fourth-order valence-electron chi connectivity index (χ4n) is 2.70. The molecule has 0 unspecified atom stereocenters. The molecule has 0 spiro atoms. The monoisotopic (exact) mass is 333 g/mol. The summed E-state index contributed by atoms with van der Waals surface area (Å²) in [6.07, 6.45) is 1.55. The predicted octanol–water partition coefficient (Wildman–Crippen LogP) is 2.85. The molecule has 3 amide bonds. The van der Waals surface area contributed by atoms with Crippen LogP contribution in [-0.2, 0) is 4.79 Å². The summed E-state index contributed by atoms with van der Waals surface area (Å²) in [5, 5.41) is 5.77.